The molecule has 1 atom stereocenters. The molecule has 3 aromatic heterocycles. The standard InChI is InChI=1S/C28H33N9O2.2H2/c1-3-14-36-19-38-18-21-16-30-28(32-22-9-10-24-20(15-22)17-31-35(24)2)34-27(21)37(36)25-7-4-8-26(33-25)39-23-6-5-12-29-13-11-23;;/h3-4,7-10,15-17,23,29H,1,5-6,11-14,18-19H2,2H3,(H,30,32,34);2*1H/t23-;;/m1../s1. The summed E-state index contributed by atoms with van der Waals surface area (Å²) in [5.74, 6) is 2.45. The Hall–Kier alpha value is -4.06. The zero-order chi connectivity index (χ0) is 26.6. The first-order valence-electron chi connectivity index (χ1n) is 13.3. The maximum atomic E-state index is 6.32. The summed E-state index contributed by atoms with van der Waals surface area (Å²) in [5, 5.41) is 16.1. The SMILES string of the molecule is C=CCN1COCc2cnc(Nc3ccc4c(cnn4C)c3)nc2N1c1cccc(O[C@@H]2CCCNCC2)n1.[HH].[HH]. The van der Waals surface area contributed by atoms with Gasteiger partial charge in [-0.25, -0.2) is 9.99 Å². The summed E-state index contributed by atoms with van der Waals surface area (Å²) >= 11 is 0. The smallest absolute Gasteiger partial charge is 0.229 e. The Bertz CT molecular complexity index is 1460. The first-order chi connectivity index (χ1) is 19.2. The van der Waals surface area contributed by atoms with Gasteiger partial charge in [0.25, 0.3) is 0 Å². The highest BCUT2D eigenvalue weighted by Crippen LogP contribution is 2.33. The van der Waals surface area contributed by atoms with Crippen molar-refractivity contribution >= 4 is 34.2 Å². The predicted octanol–water partition coefficient (Wildman–Crippen LogP) is 4.54. The second kappa shape index (κ2) is 11.4. The second-order valence-electron chi connectivity index (χ2n) is 9.73. The van der Waals surface area contributed by atoms with Gasteiger partial charge in [-0.1, -0.05) is 12.1 Å². The highest BCUT2D eigenvalue weighted by atomic mass is 16.5. The zero-order valence-corrected chi connectivity index (χ0v) is 22.1. The van der Waals surface area contributed by atoms with E-state index in [9.17, 15) is 0 Å². The molecular weight excluding hydrogens is 494 g/mol. The van der Waals surface area contributed by atoms with E-state index < -0.39 is 0 Å². The Morgan fingerprint density at radius 2 is 2.15 bits per heavy atom. The van der Waals surface area contributed by atoms with E-state index in [0.29, 0.717) is 43.3 Å². The van der Waals surface area contributed by atoms with Crippen LogP contribution in [0.25, 0.3) is 10.9 Å². The number of anilines is 4. The maximum Gasteiger partial charge on any atom is 0.229 e. The summed E-state index contributed by atoms with van der Waals surface area (Å²) in [6, 6.07) is 11.9. The molecule has 0 saturated carbocycles. The van der Waals surface area contributed by atoms with Crippen molar-refractivity contribution < 1.29 is 12.3 Å². The van der Waals surface area contributed by atoms with Crippen molar-refractivity contribution in [3.8, 4) is 5.88 Å². The van der Waals surface area contributed by atoms with Crippen LogP contribution in [0.3, 0.4) is 0 Å². The highest BCUT2D eigenvalue weighted by Gasteiger charge is 2.28. The van der Waals surface area contributed by atoms with Crippen LogP contribution in [0.15, 0.2) is 61.4 Å². The minimum atomic E-state index is 0. The highest BCUT2D eigenvalue weighted by molar-refractivity contribution is 5.83. The number of pyridine rings is 1. The molecule has 206 valence electrons. The summed E-state index contributed by atoms with van der Waals surface area (Å²) < 4.78 is 14.1. The van der Waals surface area contributed by atoms with Crippen molar-refractivity contribution in [1.29, 1.82) is 0 Å². The van der Waals surface area contributed by atoms with Crippen LogP contribution in [0.1, 0.15) is 27.7 Å². The van der Waals surface area contributed by atoms with Crippen LogP contribution in [0.5, 0.6) is 5.88 Å². The van der Waals surface area contributed by atoms with Crippen LogP contribution in [0.4, 0.5) is 23.3 Å². The van der Waals surface area contributed by atoms with Gasteiger partial charge in [0.05, 0.1) is 18.3 Å². The molecule has 0 unspecified atom stereocenters. The number of nitrogens with zero attached hydrogens (tertiary/aromatic N) is 7. The van der Waals surface area contributed by atoms with Gasteiger partial charge in [0.1, 0.15) is 12.8 Å². The fourth-order valence-corrected chi connectivity index (χ4v) is 4.97. The van der Waals surface area contributed by atoms with Crippen LogP contribution in [0, 0.1) is 0 Å². The Labute approximate surface area is 230 Å². The van der Waals surface area contributed by atoms with E-state index in [2.05, 4.69) is 27.3 Å². The van der Waals surface area contributed by atoms with Crippen LogP contribution in [-0.4, -0.2) is 62.2 Å². The Morgan fingerprint density at radius 1 is 1.21 bits per heavy atom. The molecule has 4 aromatic rings. The molecule has 39 heavy (non-hydrogen) atoms. The van der Waals surface area contributed by atoms with Gasteiger partial charge >= 0.3 is 0 Å². The van der Waals surface area contributed by atoms with Gasteiger partial charge in [-0.05, 0) is 56.6 Å². The lowest BCUT2D eigenvalue weighted by Crippen LogP contribution is -2.41. The molecule has 2 N–H and O–H groups in total. The number of benzene rings is 1. The second-order valence-corrected chi connectivity index (χ2v) is 9.73. The summed E-state index contributed by atoms with van der Waals surface area (Å²) in [7, 11) is 1.93. The van der Waals surface area contributed by atoms with Gasteiger partial charge < -0.3 is 20.1 Å². The van der Waals surface area contributed by atoms with Gasteiger partial charge in [0.15, 0.2) is 11.6 Å². The van der Waals surface area contributed by atoms with Crippen molar-refractivity contribution in [2.24, 2.45) is 7.05 Å². The molecular formula is C28H37N9O2. The normalized spacial score (nSPS) is 18.3. The number of aryl methyl sites for hydroxylation is 1. The molecule has 6 rings (SSSR count). The lowest BCUT2D eigenvalue weighted by atomic mass is 10.2. The largest absolute Gasteiger partial charge is 0.474 e. The van der Waals surface area contributed by atoms with Gasteiger partial charge in [-0.2, -0.15) is 20.1 Å². The monoisotopic (exact) mass is 531 g/mol. The number of hydrazine groups is 1. The first-order valence-corrected chi connectivity index (χ1v) is 13.3. The van der Waals surface area contributed by atoms with Crippen molar-refractivity contribution in [3.05, 3.63) is 67.0 Å². The van der Waals surface area contributed by atoms with Crippen molar-refractivity contribution in [2.75, 3.05) is 36.7 Å². The van der Waals surface area contributed by atoms with Gasteiger partial charge in [0.2, 0.25) is 11.8 Å². The van der Waals surface area contributed by atoms with Crippen LogP contribution in [-0.2, 0) is 18.4 Å². The van der Waals surface area contributed by atoms with E-state index in [-0.39, 0.29) is 8.96 Å². The van der Waals surface area contributed by atoms with Gasteiger partial charge in [0, 0.05) is 45.3 Å². The number of hydrogen-bond acceptors (Lipinski definition) is 10. The molecule has 1 saturated heterocycles. The maximum absolute atomic E-state index is 6.32. The average molecular weight is 532 g/mol. The lowest BCUT2D eigenvalue weighted by Gasteiger charge is -2.32. The molecule has 2 aliphatic heterocycles. The van der Waals surface area contributed by atoms with Crippen molar-refractivity contribution in [2.45, 2.75) is 32.0 Å². The van der Waals surface area contributed by atoms with E-state index in [1.807, 2.05) is 70.4 Å². The fraction of sp³-hybridized carbons (Fsp3) is 0.357. The molecule has 1 fully saturated rings. The Kier molecular flexibility index (Phi) is 7.35. The van der Waals surface area contributed by atoms with Crippen LogP contribution in [0.2, 0.25) is 0 Å². The number of nitrogens with one attached hydrogen (secondary N) is 2. The third-order valence-corrected chi connectivity index (χ3v) is 6.90. The molecule has 0 aliphatic carbocycles. The van der Waals surface area contributed by atoms with E-state index in [4.69, 9.17) is 19.4 Å². The minimum Gasteiger partial charge on any atom is -0.474 e. The molecule has 11 heteroatoms. The Balaban J connectivity index is 0.00000194. The Morgan fingerprint density at radius 3 is 3.08 bits per heavy atom. The first kappa shape index (κ1) is 25.2. The summed E-state index contributed by atoms with van der Waals surface area (Å²) in [6.07, 6.45) is 8.69. The van der Waals surface area contributed by atoms with Crippen LogP contribution >= 0.6 is 0 Å². The molecule has 0 amide bonds. The number of aromatic nitrogens is 5. The van der Waals surface area contributed by atoms with Gasteiger partial charge in [-0.3, -0.25) is 4.68 Å². The third-order valence-electron chi connectivity index (χ3n) is 6.90. The number of ether oxygens (including phenoxy) is 2. The van der Waals surface area contributed by atoms with E-state index in [1.165, 1.54) is 0 Å². The average Bonchev–Trinajstić information content (AvgIpc) is 3.09. The number of fused-ring (bicyclic) bond motifs is 2. The molecule has 1 aromatic carbocycles. The molecule has 0 spiro atoms. The fourth-order valence-electron chi connectivity index (χ4n) is 4.97. The van der Waals surface area contributed by atoms with Crippen molar-refractivity contribution in [1.82, 2.24) is 35.1 Å². The lowest BCUT2D eigenvalue weighted by molar-refractivity contribution is 0.0325. The third kappa shape index (κ3) is 5.56. The molecule has 11 nitrogen and oxygen atoms in total. The minimum absolute atomic E-state index is 0. The molecule has 5 heterocycles. The zero-order valence-electron chi connectivity index (χ0n) is 22.1. The topological polar surface area (TPSA) is 105 Å². The van der Waals surface area contributed by atoms with E-state index in [0.717, 1.165) is 54.5 Å². The molecule has 0 bridgehead atoms. The predicted molar refractivity (Wildman–Crippen MR) is 154 cm³/mol. The van der Waals surface area contributed by atoms with E-state index >= 15 is 0 Å². The van der Waals surface area contributed by atoms with Crippen molar-refractivity contribution in [3.63, 3.8) is 0 Å². The quantitative estimate of drug-likeness (QED) is 0.330. The number of hydrogen-bond donors (Lipinski definition) is 2. The van der Waals surface area contributed by atoms with Gasteiger partial charge in [-0.15, -0.1) is 6.58 Å². The summed E-state index contributed by atoms with van der Waals surface area (Å²) in [5.41, 5.74) is 2.79. The van der Waals surface area contributed by atoms with E-state index in [1.54, 1.807) is 6.20 Å². The van der Waals surface area contributed by atoms with Crippen LogP contribution < -0.4 is 20.4 Å². The molecule has 2 aliphatic rings. The molecule has 0 radical (unpaired) electrons. The summed E-state index contributed by atoms with van der Waals surface area (Å²) in [6.45, 7) is 7.21. The number of rotatable bonds is 7. The summed E-state index contributed by atoms with van der Waals surface area (Å²) in [4.78, 5) is 14.4.